The first-order valence-corrected chi connectivity index (χ1v) is 11.1. The van der Waals surface area contributed by atoms with Gasteiger partial charge in [0, 0.05) is 47.0 Å². The minimum atomic E-state index is 0.912. The van der Waals surface area contributed by atoms with Crippen LogP contribution in [0, 0.1) is 0 Å². The van der Waals surface area contributed by atoms with Gasteiger partial charge in [-0.05, 0) is 83.6 Å². The number of fused-ring (bicyclic) bond motifs is 1. The molecule has 6 aromatic rings. The van der Waals surface area contributed by atoms with Crippen LogP contribution in [0.2, 0.25) is 0 Å². The first-order valence-electron chi connectivity index (χ1n) is 11.1. The molecule has 0 spiro atoms. The summed E-state index contributed by atoms with van der Waals surface area (Å²) in [4.78, 5) is 18.6. The first kappa shape index (κ1) is 19.9. The maximum Gasteiger partial charge on any atom is 0.0708 e. The highest BCUT2D eigenvalue weighted by molar-refractivity contribution is 6.08. The summed E-state index contributed by atoms with van der Waals surface area (Å²) in [5.41, 5.74) is 7.84. The molecule has 4 heteroatoms. The van der Waals surface area contributed by atoms with E-state index in [-0.39, 0.29) is 0 Å². The predicted octanol–water partition coefficient (Wildman–Crippen LogP) is 7.09. The summed E-state index contributed by atoms with van der Waals surface area (Å²) in [6, 6.07) is 32.7. The van der Waals surface area contributed by atoms with Gasteiger partial charge in [-0.2, -0.15) is 0 Å². The van der Waals surface area contributed by atoms with E-state index >= 15 is 0 Å². The van der Waals surface area contributed by atoms with Gasteiger partial charge in [0.05, 0.1) is 22.8 Å². The first-order chi connectivity index (χ1) is 16.9. The van der Waals surface area contributed by atoms with Crippen LogP contribution in [0.15, 0.2) is 122 Å². The molecule has 34 heavy (non-hydrogen) atoms. The van der Waals surface area contributed by atoms with Crippen molar-refractivity contribution in [1.29, 1.82) is 0 Å². The molecule has 4 aromatic heterocycles. The zero-order valence-corrected chi connectivity index (χ0v) is 18.3. The summed E-state index contributed by atoms with van der Waals surface area (Å²) in [6.45, 7) is 0. The van der Waals surface area contributed by atoms with E-state index in [2.05, 4.69) is 44.2 Å². The van der Waals surface area contributed by atoms with Gasteiger partial charge in [0.1, 0.15) is 0 Å². The summed E-state index contributed by atoms with van der Waals surface area (Å²) in [5, 5.41) is 2.20. The highest BCUT2D eigenvalue weighted by Gasteiger charge is 2.16. The molecule has 0 saturated carbocycles. The third-order valence-corrected chi connectivity index (χ3v) is 5.87. The molecule has 0 saturated heterocycles. The van der Waals surface area contributed by atoms with E-state index < -0.39 is 0 Å². The van der Waals surface area contributed by atoms with Gasteiger partial charge in [-0.1, -0.05) is 24.3 Å². The van der Waals surface area contributed by atoms with Crippen molar-refractivity contribution >= 4 is 10.8 Å². The topological polar surface area (TPSA) is 51.6 Å². The van der Waals surface area contributed by atoms with E-state index in [1.807, 2.05) is 97.6 Å². The quantitative estimate of drug-likeness (QED) is 0.296. The summed E-state index contributed by atoms with van der Waals surface area (Å²) < 4.78 is 0. The van der Waals surface area contributed by atoms with Crippen LogP contribution < -0.4 is 0 Å². The molecular formula is C30H20N4. The predicted molar refractivity (Wildman–Crippen MR) is 137 cm³/mol. The maximum atomic E-state index is 4.69. The van der Waals surface area contributed by atoms with E-state index in [0.29, 0.717) is 0 Å². The lowest BCUT2D eigenvalue weighted by molar-refractivity contribution is 1.31. The molecule has 0 aliphatic heterocycles. The Kier molecular flexibility index (Phi) is 5.09. The molecule has 0 aliphatic rings. The number of hydrogen-bond acceptors (Lipinski definition) is 4. The second-order valence-corrected chi connectivity index (χ2v) is 8.00. The minimum Gasteiger partial charge on any atom is -0.256 e. The van der Waals surface area contributed by atoms with Crippen molar-refractivity contribution < 1.29 is 0 Å². The monoisotopic (exact) mass is 436 g/mol. The van der Waals surface area contributed by atoms with Gasteiger partial charge in [-0.25, -0.2) is 0 Å². The lowest BCUT2D eigenvalue weighted by Gasteiger charge is -2.15. The Bertz CT molecular complexity index is 1440. The van der Waals surface area contributed by atoms with Crippen LogP contribution in [-0.2, 0) is 0 Å². The van der Waals surface area contributed by atoms with Gasteiger partial charge in [-0.15, -0.1) is 0 Å². The molecule has 0 unspecified atom stereocenters. The number of pyridine rings is 4. The van der Waals surface area contributed by atoms with Crippen LogP contribution in [0.3, 0.4) is 0 Å². The summed E-state index contributed by atoms with van der Waals surface area (Å²) in [7, 11) is 0. The molecular weight excluding hydrogens is 416 g/mol. The number of rotatable bonds is 4. The molecule has 0 atom stereocenters. The van der Waals surface area contributed by atoms with E-state index in [1.54, 1.807) is 0 Å². The number of aromatic nitrogens is 4. The molecule has 4 heterocycles. The highest BCUT2D eigenvalue weighted by Crippen LogP contribution is 2.40. The lowest BCUT2D eigenvalue weighted by Crippen LogP contribution is -1.93. The van der Waals surface area contributed by atoms with Gasteiger partial charge < -0.3 is 0 Å². The Morgan fingerprint density at radius 3 is 1.03 bits per heavy atom. The van der Waals surface area contributed by atoms with E-state index in [9.17, 15) is 0 Å². The lowest BCUT2D eigenvalue weighted by atomic mass is 9.90. The van der Waals surface area contributed by atoms with Gasteiger partial charge in [-0.3, -0.25) is 19.9 Å². The smallest absolute Gasteiger partial charge is 0.0708 e. The molecule has 0 aliphatic carbocycles. The molecule has 0 fully saturated rings. The van der Waals surface area contributed by atoms with Crippen LogP contribution >= 0.6 is 0 Å². The van der Waals surface area contributed by atoms with Crippen molar-refractivity contribution in [3.63, 3.8) is 0 Å². The third kappa shape index (κ3) is 3.71. The molecule has 0 radical (unpaired) electrons. The molecule has 0 amide bonds. The van der Waals surface area contributed by atoms with Crippen molar-refractivity contribution in [1.82, 2.24) is 19.9 Å². The third-order valence-electron chi connectivity index (χ3n) is 5.87. The van der Waals surface area contributed by atoms with Gasteiger partial charge in [0.25, 0.3) is 0 Å². The van der Waals surface area contributed by atoms with Crippen molar-refractivity contribution in [2.45, 2.75) is 0 Å². The van der Waals surface area contributed by atoms with E-state index in [0.717, 1.165) is 55.8 Å². The SMILES string of the molecule is c1ccc(-c2cc(-c3ccccn3)c3cc(-c4ccccn4)cc(-c4ccccn4)c3c2)nc1. The maximum absolute atomic E-state index is 4.69. The normalized spacial score (nSPS) is 10.9. The fourth-order valence-corrected chi connectivity index (χ4v) is 4.29. The van der Waals surface area contributed by atoms with Crippen LogP contribution in [0.4, 0.5) is 0 Å². The van der Waals surface area contributed by atoms with Crippen LogP contribution in [-0.4, -0.2) is 19.9 Å². The molecule has 0 bridgehead atoms. The fraction of sp³-hybridized carbons (Fsp3) is 0. The number of hydrogen-bond donors (Lipinski definition) is 0. The van der Waals surface area contributed by atoms with Gasteiger partial charge in [0.2, 0.25) is 0 Å². The Morgan fingerprint density at radius 2 is 0.706 bits per heavy atom. The highest BCUT2D eigenvalue weighted by atomic mass is 14.7. The second-order valence-electron chi connectivity index (χ2n) is 8.00. The van der Waals surface area contributed by atoms with Crippen molar-refractivity contribution in [2.24, 2.45) is 0 Å². The second kappa shape index (κ2) is 8.68. The average molecular weight is 437 g/mol. The molecule has 2 aromatic carbocycles. The van der Waals surface area contributed by atoms with Crippen molar-refractivity contribution in [2.75, 3.05) is 0 Å². The summed E-state index contributed by atoms with van der Waals surface area (Å²) >= 11 is 0. The molecule has 0 N–H and O–H groups in total. The Hall–Kier alpha value is -4.70. The average Bonchev–Trinajstić information content (AvgIpc) is 2.94. The summed E-state index contributed by atoms with van der Waals surface area (Å²) in [5.74, 6) is 0. The molecule has 160 valence electrons. The Labute approximate surface area is 197 Å². The Morgan fingerprint density at radius 1 is 0.353 bits per heavy atom. The van der Waals surface area contributed by atoms with E-state index in [4.69, 9.17) is 0 Å². The minimum absolute atomic E-state index is 0.912. The van der Waals surface area contributed by atoms with Crippen LogP contribution in [0.5, 0.6) is 0 Å². The van der Waals surface area contributed by atoms with Crippen LogP contribution in [0.1, 0.15) is 0 Å². The molecule has 6 rings (SSSR count). The van der Waals surface area contributed by atoms with Gasteiger partial charge in [0.15, 0.2) is 0 Å². The summed E-state index contributed by atoms with van der Waals surface area (Å²) in [6.07, 6.45) is 7.31. The largest absolute Gasteiger partial charge is 0.256 e. The fourth-order valence-electron chi connectivity index (χ4n) is 4.29. The van der Waals surface area contributed by atoms with E-state index in [1.165, 1.54) is 0 Å². The molecule has 4 nitrogen and oxygen atoms in total. The Balaban J connectivity index is 1.73. The number of nitrogens with zero attached hydrogens (tertiary/aromatic N) is 4. The van der Waals surface area contributed by atoms with Crippen molar-refractivity contribution in [3.05, 3.63) is 122 Å². The standard InChI is InChI=1S/C30H20N4/c1-5-13-31-27(9-1)21-17-23-24(25(19-21)29-11-3-7-15-33-29)18-22(28-10-2-6-14-32-28)20-26(23)30-12-4-8-16-34-30/h1-20H. The zero-order chi connectivity index (χ0) is 22.7. The zero-order valence-electron chi connectivity index (χ0n) is 18.3. The van der Waals surface area contributed by atoms with Crippen LogP contribution in [0.25, 0.3) is 55.8 Å². The van der Waals surface area contributed by atoms with Crippen molar-refractivity contribution in [3.8, 4) is 45.0 Å². The van der Waals surface area contributed by atoms with Gasteiger partial charge >= 0.3 is 0 Å². The number of benzene rings is 2.